The zero-order valence-electron chi connectivity index (χ0n) is 13.8. The largest absolute Gasteiger partial charge is 0.369 e. The molecule has 1 atom stereocenters. The molecule has 1 aliphatic rings. The predicted octanol–water partition coefficient (Wildman–Crippen LogP) is 1.59. The van der Waals surface area contributed by atoms with E-state index >= 15 is 0 Å². The van der Waals surface area contributed by atoms with E-state index in [1.807, 2.05) is 25.1 Å². The third kappa shape index (κ3) is 4.26. The summed E-state index contributed by atoms with van der Waals surface area (Å²) in [6.07, 6.45) is 5.62. The Hall–Kier alpha value is -2.54. The monoisotopic (exact) mass is 326 g/mol. The number of nitrogens with two attached hydrogens (primary N) is 1. The van der Waals surface area contributed by atoms with E-state index in [9.17, 15) is 4.79 Å². The number of hydrogen-bond acceptors (Lipinski definition) is 6. The number of piperidine rings is 1. The van der Waals surface area contributed by atoms with Crippen molar-refractivity contribution in [1.82, 2.24) is 19.9 Å². The lowest BCUT2D eigenvalue weighted by atomic mass is 9.95. The van der Waals surface area contributed by atoms with E-state index in [4.69, 9.17) is 5.73 Å². The fourth-order valence-corrected chi connectivity index (χ4v) is 3.02. The number of nitrogens with zero attached hydrogens (tertiary/aromatic N) is 4. The van der Waals surface area contributed by atoms with Crippen LogP contribution in [0.3, 0.4) is 0 Å². The Bertz CT molecular complexity index is 702. The van der Waals surface area contributed by atoms with Gasteiger partial charge < -0.3 is 11.1 Å². The molecule has 3 rings (SSSR count). The summed E-state index contributed by atoms with van der Waals surface area (Å²) in [4.78, 5) is 26.5. The molecule has 1 fully saturated rings. The number of carbonyl (C=O) groups is 1. The van der Waals surface area contributed by atoms with Crippen molar-refractivity contribution in [2.75, 3.05) is 25.0 Å². The van der Waals surface area contributed by atoms with Gasteiger partial charge in [0.1, 0.15) is 11.6 Å². The minimum atomic E-state index is -0.285. The maximum Gasteiger partial charge on any atom is 0.231 e. The molecule has 0 aromatic carbocycles. The number of primary amides is 1. The van der Waals surface area contributed by atoms with Crippen LogP contribution in [0.1, 0.15) is 30.1 Å². The smallest absolute Gasteiger partial charge is 0.231 e. The molecule has 2 aromatic rings. The molecule has 1 amide bonds. The zero-order chi connectivity index (χ0) is 16.9. The number of hydrogen-bond donors (Lipinski definition) is 2. The van der Waals surface area contributed by atoms with Gasteiger partial charge in [-0.1, -0.05) is 6.07 Å². The van der Waals surface area contributed by atoms with Crippen LogP contribution in [0.15, 0.2) is 30.6 Å². The fraction of sp³-hybridized carbons (Fsp3) is 0.412. The van der Waals surface area contributed by atoms with Crippen LogP contribution in [0, 0.1) is 6.92 Å². The van der Waals surface area contributed by atoms with E-state index in [2.05, 4.69) is 25.2 Å². The Balaban J connectivity index is 1.64. The maximum absolute atomic E-state index is 11.1. The number of anilines is 2. The molecule has 3 N–H and O–H groups in total. The highest BCUT2D eigenvalue weighted by molar-refractivity contribution is 5.75. The van der Waals surface area contributed by atoms with Crippen LogP contribution in [0.4, 0.5) is 11.6 Å². The molecule has 0 radical (unpaired) electrons. The predicted molar refractivity (Wildman–Crippen MR) is 91.9 cm³/mol. The van der Waals surface area contributed by atoms with Crippen molar-refractivity contribution >= 4 is 17.5 Å². The van der Waals surface area contributed by atoms with E-state index in [1.54, 1.807) is 12.4 Å². The Morgan fingerprint density at radius 3 is 2.92 bits per heavy atom. The number of likely N-dealkylation sites (tertiary alicyclic amines) is 1. The Kier molecular flexibility index (Phi) is 5.00. The second-order valence-electron chi connectivity index (χ2n) is 6.16. The van der Waals surface area contributed by atoms with Crippen molar-refractivity contribution in [3.63, 3.8) is 0 Å². The highest BCUT2D eigenvalue weighted by Crippen LogP contribution is 2.25. The lowest BCUT2D eigenvalue weighted by Crippen LogP contribution is -2.40. The number of carbonyl (C=O) groups excluding carboxylic acids is 1. The van der Waals surface area contributed by atoms with E-state index in [1.165, 1.54) is 0 Å². The second kappa shape index (κ2) is 7.35. The average molecular weight is 326 g/mol. The molecule has 3 heterocycles. The first-order valence-corrected chi connectivity index (χ1v) is 8.13. The highest BCUT2D eigenvalue weighted by Gasteiger charge is 2.23. The number of rotatable bonds is 5. The molecule has 7 heteroatoms. The molecule has 24 heavy (non-hydrogen) atoms. The summed E-state index contributed by atoms with van der Waals surface area (Å²) in [6, 6.07) is 5.79. The lowest BCUT2D eigenvalue weighted by Gasteiger charge is -2.31. The van der Waals surface area contributed by atoms with Crippen LogP contribution >= 0.6 is 0 Å². The van der Waals surface area contributed by atoms with Gasteiger partial charge in [0.2, 0.25) is 5.91 Å². The van der Waals surface area contributed by atoms with Crippen LogP contribution in [-0.2, 0) is 4.79 Å². The maximum atomic E-state index is 11.1. The van der Waals surface area contributed by atoms with Crippen molar-refractivity contribution < 1.29 is 4.79 Å². The molecule has 1 aliphatic heterocycles. The van der Waals surface area contributed by atoms with Gasteiger partial charge in [0.25, 0.3) is 0 Å². The number of aromatic nitrogens is 3. The standard InChI is InChI=1S/C17H22N6O/c1-12-4-2-6-16(21-12)22-17-9-19-14(8-20-17)13-5-3-7-23(10-13)11-15(18)24/h2,4,6,8-9,13H,3,5,7,10-11H2,1H3,(H2,18,24)(H,20,21,22)/t13-/m0/s1. The number of pyridine rings is 1. The Labute approximate surface area is 141 Å². The summed E-state index contributed by atoms with van der Waals surface area (Å²) in [5, 5.41) is 3.15. The molecular weight excluding hydrogens is 304 g/mol. The zero-order valence-corrected chi connectivity index (χ0v) is 13.8. The van der Waals surface area contributed by atoms with E-state index in [0.717, 1.165) is 43.1 Å². The molecule has 0 saturated carbocycles. The van der Waals surface area contributed by atoms with Gasteiger partial charge in [0.05, 0.1) is 24.6 Å². The first-order valence-electron chi connectivity index (χ1n) is 8.13. The van der Waals surface area contributed by atoms with Gasteiger partial charge in [0, 0.05) is 18.2 Å². The minimum Gasteiger partial charge on any atom is -0.369 e. The Morgan fingerprint density at radius 1 is 1.33 bits per heavy atom. The minimum absolute atomic E-state index is 0.285. The Morgan fingerprint density at radius 2 is 2.21 bits per heavy atom. The van der Waals surface area contributed by atoms with Crippen molar-refractivity contribution in [1.29, 1.82) is 0 Å². The molecule has 7 nitrogen and oxygen atoms in total. The lowest BCUT2D eigenvalue weighted by molar-refractivity contribution is -0.119. The summed E-state index contributed by atoms with van der Waals surface area (Å²) in [7, 11) is 0. The van der Waals surface area contributed by atoms with Crippen LogP contribution in [0.5, 0.6) is 0 Å². The van der Waals surface area contributed by atoms with Crippen LogP contribution < -0.4 is 11.1 Å². The number of amides is 1. The van der Waals surface area contributed by atoms with Crippen molar-refractivity contribution in [2.24, 2.45) is 5.73 Å². The topological polar surface area (TPSA) is 97.0 Å². The summed E-state index contributed by atoms with van der Waals surface area (Å²) in [5.41, 5.74) is 7.18. The fourth-order valence-electron chi connectivity index (χ4n) is 3.02. The quantitative estimate of drug-likeness (QED) is 0.866. The van der Waals surface area contributed by atoms with Crippen molar-refractivity contribution in [3.05, 3.63) is 42.0 Å². The molecule has 0 unspecified atom stereocenters. The van der Waals surface area contributed by atoms with E-state index in [-0.39, 0.29) is 11.8 Å². The molecular formula is C17H22N6O. The average Bonchev–Trinajstić information content (AvgIpc) is 2.55. The van der Waals surface area contributed by atoms with Crippen LogP contribution in [0.25, 0.3) is 0 Å². The number of nitrogens with one attached hydrogen (secondary N) is 1. The van der Waals surface area contributed by atoms with Gasteiger partial charge in [0.15, 0.2) is 0 Å². The van der Waals surface area contributed by atoms with Crippen molar-refractivity contribution in [2.45, 2.75) is 25.7 Å². The SMILES string of the molecule is Cc1cccc(Nc2cnc([C@H]3CCCN(CC(N)=O)C3)cn2)n1. The van der Waals surface area contributed by atoms with Crippen molar-refractivity contribution in [3.8, 4) is 0 Å². The third-order valence-electron chi connectivity index (χ3n) is 4.12. The second-order valence-corrected chi connectivity index (χ2v) is 6.16. The first-order chi connectivity index (χ1) is 11.6. The molecule has 1 saturated heterocycles. The van der Waals surface area contributed by atoms with Gasteiger partial charge in [-0.2, -0.15) is 0 Å². The van der Waals surface area contributed by atoms with Crippen LogP contribution in [0.2, 0.25) is 0 Å². The molecule has 0 aliphatic carbocycles. The highest BCUT2D eigenvalue weighted by atomic mass is 16.1. The van der Waals surface area contributed by atoms with Gasteiger partial charge in [-0.3, -0.25) is 14.7 Å². The summed E-state index contributed by atoms with van der Waals surface area (Å²) >= 11 is 0. The molecule has 0 bridgehead atoms. The summed E-state index contributed by atoms with van der Waals surface area (Å²) < 4.78 is 0. The van der Waals surface area contributed by atoms with Crippen LogP contribution in [-0.4, -0.2) is 45.4 Å². The van der Waals surface area contributed by atoms with E-state index in [0.29, 0.717) is 12.4 Å². The molecule has 0 spiro atoms. The van der Waals surface area contributed by atoms with Gasteiger partial charge in [-0.15, -0.1) is 0 Å². The van der Waals surface area contributed by atoms with Gasteiger partial charge in [-0.05, 0) is 38.4 Å². The van der Waals surface area contributed by atoms with Gasteiger partial charge >= 0.3 is 0 Å². The first kappa shape index (κ1) is 16.3. The normalized spacial score (nSPS) is 18.3. The van der Waals surface area contributed by atoms with E-state index < -0.39 is 0 Å². The van der Waals surface area contributed by atoms with Gasteiger partial charge in [-0.25, -0.2) is 9.97 Å². The number of aryl methyl sites for hydroxylation is 1. The third-order valence-corrected chi connectivity index (χ3v) is 4.12. The summed E-state index contributed by atoms with van der Waals surface area (Å²) in [5.74, 6) is 1.42. The molecule has 126 valence electrons. The summed E-state index contributed by atoms with van der Waals surface area (Å²) in [6.45, 7) is 3.96. The molecule has 2 aromatic heterocycles.